The molecule has 2 rings (SSSR count). The van der Waals surface area contributed by atoms with Crippen LogP contribution in [0.25, 0.3) is 10.9 Å². The van der Waals surface area contributed by atoms with Crippen LogP contribution in [0.4, 0.5) is 0 Å². The van der Waals surface area contributed by atoms with E-state index in [1.165, 1.54) is 0 Å². The van der Waals surface area contributed by atoms with Crippen molar-refractivity contribution in [2.75, 3.05) is 6.61 Å². The number of ether oxygens (including phenoxy) is 1. The molecule has 0 atom stereocenters. The molecule has 0 spiro atoms. The number of nitrogens with zero attached hydrogens (tertiary/aromatic N) is 1. The number of aromatic nitrogens is 1. The maximum Gasteiger partial charge on any atom is 0.325 e. The van der Waals surface area contributed by atoms with E-state index in [1.807, 2.05) is 51.1 Å². The lowest BCUT2D eigenvalue weighted by Crippen LogP contribution is -2.47. The van der Waals surface area contributed by atoms with Crippen LogP contribution in [-0.2, 0) is 16.1 Å². The Bertz CT molecular complexity index is 603. The van der Waals surface area contributed by atoms with E-state index in [-0.39, 0.29) is 5.97 Å². The van der Waals surface area contributed by atoms with Crippen LogP contribution in [0.3, 0.4) is 0 Å². The maximum absolute atomic E-state index is 11.8. The van der Waals surface area contributed by atoms with E-state index in [0.717, 1.165) is 16.5 Å². The fourth-order valence-electron chi connectivity index (χ4n) is 2.01. The first-order valence-corrected chi connectivity index (χ1v) is 6.79. The number of carbonyl (C=O) groups excluding carboxylic acids is 1. The second kappa shape index (κ2) is 6.01. The van der Waals surface area contributed by atoms with Crippen LogP contribution >= 0.6 is 0 Å². The molecule has 0 aliphatic carbocycles. The summed E-state index contributed by atoms with van der Waals surface area (Å²) >= 11 is 0. The largest absolute Gasteiger partial charge is 0.465 e. The molecule has 0 bridgehead atoms. The smallest absolute Gasteiger partial charge is 0.325 e. The molecule has 1 N–H and O–H groups in total. The summed E-state index contributed by atoms with van der Waals surface area (Å²) in [7, 11) is 0. The number of pyridine rings is 1. The fraction of sp³-hybridized carbons (Fsp3) is 0.375. The number of hydrogen-bond donors (Lipinski definition) is 1. The summed E-state index contributed by atoms with van der Waals surface area (Å²) in [6.45, 7) is 6.41. The van der Waals surface area contributed by atoms with Crippen molar-refractivity contribution in [2.24, 2.45) is 0 Å². The monoisotopic (exact) mass is 272 g/mol. The number of rotatable bonds is 5. The van der Waals surface area contributed by atoms with E-state index in [0.29, 0.717) is 13.2 Å². The fourth-order valence-corrected chi connectivity index (χ4v) is 2.01. The Labute approximate surface area is 119 Å². The predicted octanol–water partition coefficient (Wildman–Crippen LogP) is 2.67. The Balaban J connectivity index is 2.15. The van der Waals surface area contributed by atoms with Gasteiger partial charge in [-0.3, -0.25) is 15.1 Å². The highest BCUT2D eigenvalue weighted by Gasteiger charge is 2.28. The minimum atomic E-state index is -0.715. The van der Waals surface area contributed by atoms with Crippen LogP contribution < -0.4 is 5.32 Å². The van der Waals surface area contributed by atoms with Gasteiger partial charge in [0.05, 0.1) is 12.1 Å². The number of carbonyl (C=O) groups is 1. The Morgan fingerprint density at radius 2 is 2.05 bits per heavy atom. The molecule has 0 aliphatic heterocycles. The first-order chi connectivity index (χ1) is 9.54. The summed E-state index contributed by atoms with van der Waals surface area (Å²) in [5.74, 6) is -0.242. The molecule has 0 saturated heterocycles. The molecule has 20 heavy (non-hydrogen) atoms. The van der Waals surface area contributed by atoms with Gasteiger partial charge < -0.3 is 4.74 Å². The number of hydrogen-bond acceptors (Lipinski definition) is 4. The van der Waals surface area contributed by atoms with Gasteiger partial charge in [0.25, 0.3) is 0 Å². The molecular formula is C16H20N2O2. The van der Waals surface area contributed by atoms with Crippen molar-refractivity contribution < 1.29 is 9.53 Å². The molecular weight excluding hydrogens is 252 g/mol. The van der Waals surface area contributed by atoms with Crippen molar-refractivity contribution in [1.82, 2.24) is 10.3 Å². The van der Waals surface area contributed by atoms with Gasteiger partial charge in [-0.2, -0.15) is 0 Å². The number of nitrogens with one attached hydrogen (secondary N) is 1. The van der Waals surface area contributed by atoms with Crippen molar-refractivity contribution >= 4 is 16.9 Å². The SMILES string of the molecule is CCOC(=O)C(C)(C)NCc1cccc2cccnc12. The first-order valence-electron chi connectivity index (χ1n) is 6.79. The van der Waals surface area contributed by atoms with Gasteiger partial charge in [-0.15, -0.1) is 0 Å². The summed E-state index contributed by atoms with van der Waals surface area (Å²) in [5.41, 5.74) is 1.31. The van der Waals surface area contributed by atoms with E-state index in [2.05, 4.69) is 10.3 Å². The summed E-state index contributed by atoms with van der Waals surface area (Å²) in [6, 6.07) is 9.99. The molecule has 1 aromatic carbocycles. The average molecular weight is 272 g/mol. The van der Waals surface area contributed by atoms with Gasteiger partial charge in [-0.25, -0.2) is 0 Å². The van der Waals surface area contributed by atoms with Gasteiger partial charge in [0, 0.05) is 18.1 Å². The lowest BCUT2D eigenvalue weighted by Gasteiger charge is -2.24. The quantitative estimate of drug-likeness (QED) is 0.850. The summed E-state index contributed by atoms with van der Waals surface area (Å²) in [5, 5.41) is 4.34. The van der Waals surface area contributed by atoms with Crippen molar-refractivity contribution in [3.05, 3.63) is 42.1 Å². The highest BCUT2D eigenvalue weighted by molar-refractivity contribution is 5.82. The number of esters is 1. The lowest BCUT2D eigenvalue weighted by molar-refractivity contribution is -0.149. The second-order valence-electron chi connectivity index (χ2n) is 5.19. The van der Waals surface area contributed by atoms with E-state index in [9.17, 15) is 4.79 Å². The van der Waals surface area contributed by atoms with Crippen molar-refractivity contribution in [2.45, 2.75) is 32.9 Å². The molecule has 0 amide bonds. The van der Waals surface area contributed by atoms with Gasteiger partial charge in [0.2, 0.25) is 0 Å². The third-order valence-corrected chi connectivity index (χ3v) is 3.22. The van der Waals surface area contributed by atoms with Crippen LogP contribution in [0.2, 0.25) is 0 Å². The number of fused-ring (bicyclic) bond motifs is 1. The normalized spacial score (nSPS) is 11.6. The molecule has 0 saturated carbocycles. The summed E-state index contributed by atoms with van der Waals surface area (Å²) in [6.07, 6.45) is 1.78. The highest BCUT2D eigenvalue weighted by atomic mass is 16.5. The van der Waals surface area contributed by atoms with Gasteiger partial charge in [-0.05, 0) is 32.4 Å². The molecule has 0 aliphatic rings. The molecule has 0 unspecified atom stereocenters. The summed E-state index contributed by atoms with van der Waals surface area (Å²) in [4.78, 5) is 16.3. The minimum absolute atomic E-state index is 0.242. The molecule has 106 valence electrons. The topological polar surface area (TPSA) is 51.2 Å². The number of para-hydroxylation sites is 1. The summed E-state index contributed by atoms with van der Waals surface area (Å²) < 4.78 is 5.07. The Morgan fingerprint density at radius 3 is 2.80 bits per heavy atom. The van der Waals surface area contributed by atoms with Crippen LogP contribution in [0.15, 0.2) is 36.5 Å². The van der Waals surface area contributed by atoms with E-state index in [1.54, 1.807) is 6.20 Å². The highest BCUT2D eigenvalue weighted by Crippen LogP contribution is 2.17. The van der Waals surface area contributed by atoms with Crippen molar-refractivity contribution in [1.29, 1.82) is 0 Å². The molecule has 1 aromatic heterocycles. The van der Waals surface area contributed by atoms with Gasteiger partial charge in [0.1, 0.15) is 5.54 Å². The Morgan fingerprint density at radius 1 is 1.30 bits per heavy atom. The predicted molar refractivity (Wildman–Crippen MR) is 79.3 cm³/mol. The van der Waals surface area contributed by atoms with Gasteiger partial charge in [-0.1, -0.05) is 24.3 Å². The molecule has 1 heterocycles. The Hall–Kier alpha value is -1.94. The second-order valence-corrected chi connectivity index (χ2v) is 5.19. The molecule has 0 radical (unpaired) electrons. The third kappa shape index (κ3) is 3.14. The van der Waals surface area contributed by atoms with Crippen LogP contribution in [0.5, 0.6) is 0 Å². The van der Waals surface area contributed by atoms with Gasteiger partial charge >= 0.3 is 5.97 Å². The molecule has 4 heteroatoms. The lowest BCUT2D eigenvalue weighted by atomic mass is 10.0. The first kappa shape index (κ1) is 14.5. The van der Waals surface area contributed by atoms with E-state index < -0.39 is 5.54 Å². The number of benzene rings is 1. The zero-order valence-electron chi connectivity index (χ0n) is 12.1. The molecule has 4 nitrogen and oxygen atoms in total. The minimum Gasteiger partial charge on any atom is -0.465 e. The van der Waals surface area contributed by atoms with Crippen LogP contribution in [-0.4, -0.2) is 23.1 Å². The molecule has 0 fully saturated rings. The maximum atomic E-state index is 11.8. The third-order valence-electron chi connectivity index (χ3n) is 3.22. The zero-order chi connectivity index (χ0) is 14.6. The van der Waals surface area contributed by atoms with Crippen molar-refractivity contribution in [3.8, 4) is 0 Å². The molecule has 2 aromatic rings. The van der Waals surface area contributed by atoms with Crippen molar-refractivity contribution in [3.63, 3.8) is 0 Å². The standard InChI is InChI=1S/C16H20N2O2/c1-4-20-15(19)16(2,3)18-11-13-8-5-7-12-9-6-10-17-14(12)13/h5-10,18H,4,11H2,1-3H3. The Kier molecular flexibility index (Phi) is 4.35. The van der Waals surface area contributed by atoms with Crippen LogP contribution in [0.1, 0.15) is 26.3 Å². The zero-order valence-corrected chi connectivity index (χ0v) is 12.1. The van der Waals surface area contributed by atoms with Gasteiger partial charge in [0.15, 0.2) is 0 Å². The van der Waals surface area contributed by atoms with E-state index >= 15 is 0 Å². The average Bonchev–Trinajstić information content (AvgIpc) is 2.45. The van der Waals surface area contributed by atoms with E-state index in [4.69, 9.17) is 4.74 Å². The van der Waals surface area contributed by atoms with Crippen LogP contribution in [0, 0.1) is 0 Å².